The van der Waals surface area contributed by atoms with Gasteiger partial charge >= 0.3 is 0 Å². The first-order valence-corrected chi connectivity index (χ1v) is 9.17. The Labute approximate surface area is 168 Å². The van der Waals surface area contributed by atoms with E-state index in [4.69, 9.17) is 9.26 Å². The molecule has 2 rings (SSSR count). The van der Waals surface area contributed by atoms with Gasteiger partial charge in [-0.15, -0.1) is 0 Å². The molecule has 0 aliphatic carbocycles. The summed E-state index contributed by atoms with van der Waals surface area (Å²) in [6, 6.07) is 5.82. The van der Waals surface area contributed by atoms with Gasteiger partial charge in [-0.1, -0.05) is 11.2 Å². The van der Waals surface area contributed by atoms with Crippen molar-refractivity contribution in [2.45, 2.75) is 27.2 Å². The number of hydrogen-bond acceptors (Lipinski definition) is 7. The standard InChI is InChI=1S/C19H24N4O6/c1-4-28-9-5-8-22(12-18(24)20-17-10-14(3)29-21-17)19(25)15-7-6-13(2)16(11-15)23(26)27/h6-7,10-11H,4-5,8-9,12H2,1-3H3,(H,20,21,24). The predicted molar refractivity (Wildman–Crippen MR) is 105 cm³/mol. The lowest BCUT2D eigenvalue weighted by Gasteiger charge is -2.22. The van der Waals surface area contributed by atoms with Crippen LogP contribution in [-0.4, -0.2) is 53.1 Å². The molecule has 0 saturated heterocycles. The van der Waals surface area contributed by atoms with Crippen molar-refractivity contribution >= 4 is 23.3 Å². The van der Waals surface area contributed by atoms with Crippen LogP contribution in [-0.2, 0) is 9.53 Å². The first-order chi connectivity index (χ1) is 13.8. The Kier molecular flexibility index (Phi) is 7.84. The van der Waals surface area contributed by atoms with Gasteiger partial charge in [-0.2, -0.15) is 0 Å². The van der Waals surface area contributed by atoms with Crippen molar-refractivity contribution in [3.63, 3.8) is 0 Å². The molecule has 0 bridgehead atoms. The number of carbonyl (C=O) groups excluding carboxylic acids is 2. The molecule has 1 aromatic carbocycles. The molecule has 1 aromatic heterocycles. The molecule has 0 radical (unpaired) electrons. The summed E-state index contributed by atoms with van der Waals surface area (Å²) in [7, 11) is 0. The number of rotatable bonds is 10. The van der Waals surface area contributed by atoms with Crippen LogP contribution >= 0.6 is 0 Å². The topological polar surface area (TPSA) is 128 Å². The molecule has 0 spiro atoms. The normalized spacial score (nSPS) is 10.6. The second-order valence-electron chi connectivity index (χ2n) is 6.41. The number of aryl methyl sites for hydroxylation is 2. The SMILES string of the molecule is CCOCCCN(CC(=O)Nc1cc(C)on1)C(=O)c1ccc(C)c([N+](=O)[O-])c1. The summed E-state index contributed by atoms with van der Waals surface area (Å²) in [4.78, 5) is 37.3. The van der Waals surface area contributed by atoms with Crippen LogP contribution in [0, 0.1) is 24.0 Å². The van der Waals surface area contributed by atoms with Gasteiger partial charge in [0.05, 0.1) is 4.92 Å². The van der Waals surface area contributed by atoms with E-state index in [1.807, 2.05) is 6.92 Å². The highest BCUT2D eigenvalue weighted by Gasteiger charge is 2.22. The summed E-state index contributed by atoms with van der Waals surface area (Å²) in [5.74, 6) is -0.141. The van der Waals surface area contributed by atoms with Crippen molar-refractivity contribution in [2.24, 2.45) is 0 Å². The molecule has 2 amide bonds. The largest absolute Gasteiger partial charge is 0.382 e. The summed E-state index contributed by atoms with van der Waals surface area (Å²) in [6.07, 6.45) is 0.518. The van der Waals surface area contributed by atoms with Crippen molar-refractivity contribution in [3.8, 4) is 0 Å². The van der Waals surface area contributed by atoms with Crippen LogP contribution in [0.1, 0.15) is 35.0 Å². The van der Waals surface area contributed by atoms with E-state index in [1.165, 1.54) is 23.1 Å². The van der Waals surface area contributed by atoms with Crippen LogP contribution in [0.15, 0.2) is 28.8 Å². The second kappa shape index (κ2) is 10.3. The minimum atomic E-state index is -0.537. The maximum absolute atomic E-state index is 12.9. The average Bonchev–Trinajstić information content (AvgIpc) is 3.08. The fraction of sp³-hybridized carbons (Fsp3) is 0.421. The van der Waals surface area contributed by atoms with Gasteiger partial charge < -0.3 is 19.5 Å². The summed E-state index contributed by atoms with van der Waals surface area (Å²) >= 11 is 0. The summed E-state index contributed by atoms with van der Waals surface area (Å²) in [6.45, 7) is 6.14. The minimum Gasteiger partial charge on any atom is -0.382 e. The minimum absolute atomic E-state index is 0.142. The fourth-order valence-electron chi connectivity index (χ4n) is 2.66. The van der Waals surface area contributed by atoms with Crippen molar-refractivity contribution in [2.75, 3.05) is 31.6 Å². The zero-order valence-corrected chi connectivity index (χ0v) is 16.6. The maximum Gasteiger partial charge on any atom is 0.273 e. The number of nitro benzene ring substituents is 1. The van der Waals surface area contributed by atoms with Crippen molar-refractivity contribution < 1.29 is 23.8 Å². The van der Waals surface area contributed by atoms with E-state index in [2.05, 4.69) is 10.5 Å². The van der Waals surface area contributed by atoms with E-state index in [0.29, 0.717) is 31.0 Å². The number of amides is 2. The number of aromatic nitrogens is 1. The van der Waals surface area contributed by atoms with E-state index in [9.17, 15) is 19.7 Å². The molecule has 29 heavy (non-hydrogen) atoms. The van der Waals surface area contributed by atoms with Crippen LogP contribution in [0.3, 0.4) is 0 Å². The van der Waals surface area contributed by atoms with Crippen LogP contribution < -0.4 is 5.32 Å². The van der Waals surface area contributed by atoms with Crippen molar-refractivity contribution in [1.29, 1.82) is 0 Å². The zero-order valence-electron chi connectivity index (χ0n) is 16.6. The summed E-state index contributed by atoms with van der Waals surface area (Å²) < 4.78 is 10.2. The molecule has 10 nitrogen and oxygen atoms in total. The van der Waals surface area contributed by atoms with Crippen LogP contribution in [0.2, 0.25) is 0 Å². The lowest BCUT2D eigenvalue weighted by molar-refractivity contribution is -0.385. The van der Waals surface area contributed by atoms with E-state index in [1.54, 1.807) is 19.9 Å². The number of nitro groups is 1. The quantitative estimate of drug-likeness (QED) is 0.366. The molecule has 1 heterocycles. The molecule has 156 valence electrons. The number of carbonyl (C=O) groups is 2. The van der Waals surface area contributed by atoms with Gasteiger partial charge in [0.2, 0.25) is 5.91 Å². The Morgan fingerprint density at radius 3 is 2.69 bits per heavy atom. The molecular formula is C19H24N4O6. The van der Waals surface area contributed by atoms with E-state index < -0.39 is 16.7 Å². The van der Waals surface area contributed by atoms with Crippen molar-refractivity contribution in [3.05, 3.63) is 51.3 Å². The van der Waals surface area contributed by atoms with Crippen molar-refractivity contribution in [1.82, 2.24) is 10.1 Å². The van der Waals surface area contributed by atoms with Crippen LogP contribution in [0.4, 0.5) is 11.5 Å². The van der Waals surface area contributed by atoms with Gasteiger partial charge in [-0.3, -0.25) is 19.7 Å². The van der Waals surface area contributed by atoms with Gasteiger partial charge in [-0.05, 0) is 33.3 Å². The lowest BCUT2D eigenvalue weighted by Crippen LogP contribution is -2.39. The van der Waals surface area contributed by atoms with Gasteiger partial charge in [0, 0.05) is 43.0 Å². The lowest BCUT2D eigenvalue weighted by atomic mass is 10.1. The second-order valence-corrected chi connectivity index (χ2v) is 6.41. The first kappa shape index (κ1) is 22.0. The Bertz CT molecular complexity index is 879. The predicted octanol–water partition coefficient (Wildman–Crippen LogP) is 2.71. The highest BCUT2D eigenvalue weighted by Crippen LogP contribution is 2.20. The molecule has 2 aromatic rings. The van der Waals surface area contributed by atoms with Crippen LogP contribution in [0.5, 0.6) is 0 Å². The van der Waals surface area contributed by atoms with E-state index >= 15 is 0 Å². The first-order valence-electron chi connectivity index (χ1n) is 9.17. The van der Waals surface area contributed by atoms with Gasteiger partial charge in [0.1, 0.15) is 12.3 Å². The van der Waals surface area contributed by atoms with E-state index in [0.717, 1.165) is 0 Å². The molecule has 0 aliphatic rings. The monoisotopic (exact) mass is 404 g/mol. The molecule has 0 fully saturated rings. The van der Waals surface area contributed by atoms with Gasteiger partial charge in [-0.25, -0.2) is 0 Å². The fourth-order valence-corrected chi connectivity index (χ4v) is 2.66. The highest BCUT2D eigenvalue weighted by atomic mass is 16.6. The number of nitrogens with one attached hydrogen (secondary N) is 1. The average molecular weight is 404 g/mol. The molecule has 0 atom stereocenters. The van der Waals surface area contributed by atoms with Crippen LogP contribution in [0.25, 0.3) is 0 Å². The van der Waals surface area contributed by atoms with Gasteiger partial charge in [0.15, 0.2) is 5.82 Å². The molecular weight excluding hydrogens is 380 g/mol. The summed E-state index contributed by atoms with van der Waals surface area (Å²) in [5, 5.41) is 17.4. The Morgan fingerprint density at radius 1 is 1.31 bits per heavy atom. The third-order valence-corrected chi connectivity index (χ3v) is 4.09. The Balaban J connectivity index is 2.15. The Morgan fingerprint density at radius 2 is 2.07 bits per heavy atom. The molecule has 0 saturated carbocycles. The molecule has 1 N–H and O–H groups in total. The smallest absolute Gasteiger partial charge is 0.273 e. The number of ether oxygens (including phenoxy) is 1. The molecule has 10 heteroatoms. The number of nitrogens with zero attached hydrogens (tertiary/aromatic N) is 3. The third kappa shape index (κ3) is 6.39. The molecule has 0 unspecified atom stereocenters. The zero-order chi connectivity index (χ0) is 21.4. The van der Waals surface area contributed by atoms with Gasteiger partial charge in [0.25, 0.3) is 11.6 Å². The number of anilines is 1. The Hall–Kier alpha value is -3.27. The third-order valence-electron chi connectivity index (χ3n) is 4.09. The summed E-state index contributed by atoms with van der Waals surface area (Å²) in [5.41, 5.74) is 0.449. The molecule has 0 aliphatic heterocycles. The number of hydrogen-bond donors (Lipinski definition) is 1. The highest BCUT2D eigenvalue weighted by molar-refractivity contribution is 5.99. The maximum atomic E-state index is 12.9. The van der Waals surface area contributed by atoms with E-state index in [-0.39, 0.29) is 30.2 Å². The number of benzene rings is 1.